The standard InChI is InChI=1S/C18H14ClNO3/c1-2-23-16-9-5-8-13(17(16)19)20-14-10-15(21)11-6-3-4-7-12(11)18(14)22/h3-10,20H,2H2,1H3. The molecule has 0 spiro atoms. The van der Waals surface area contributed by atoms with Crippen LogP contribution >= 0.6 is 11.6 Å². The van der Waals surface area contributed by atoms with Crippen LogP contribution in [0.15, 0.2) is 54.2 Å². The normalized spacial score (nSPS) is 13.4. The van der Waals surface area contributed by atoms with Crippen molar-refractivity contribution in [3.63, 3.8) is 0 Å². The highest BCUT2D eigenvalue weighted by Crippen LogP contribution is 2.33. The fourth-order valence-corrected chi connectivity index (χ4v) is 2.66. The molecular formula is C18H14ClNO3. The van der Waals surface area contributed by atoms with Crippen LogP contribution in [0.2, 0.25) is 5.02 Å². The minimum atomic E-state index is -0.238. The van der Waals surface area contributed by atoms with Gasteiger partial charge in [-0.3, -0.25) is 9.59 Å². The topological polar surface area (TPSA) is 55.4 Å². The molecule has 116 valence electrons. The number of hydrogen-bond acceptors (Lipinski definition) is 4. The Labute approximate surface area is 138 Å². The maximum Gasteiger partial charge on any atom is 0.210 e. The van der Waals surface area contributed by atoms with Gasteiger partial charge in [-0.15, -0.1) is 0 Å². The van der Waals surface area contributed by atoms with E-state index in [1.54, 1.807) is 42.5 Å². The summed E-state index contributed by atoms with van der Waals surface area (Å²) in [6, 6.07) is 12.0. The molecule has 0 amide bonds. The third-order valence-electron chi connectivity index (χ3n) is 3.49. The lowest BCUT2D eigenvalue weighted by atomic mass is 9.92. The average Bonchev–Trinajstić information content (AvgIpc) is 2.56. The van der Waals surface area contributed by atoms with Crippen LogP contribution in [-0.2, 0) is 0 Å². The molecule has 23 heavy (non-hydrogen) atoms. The lowest BCUT2D eigenvalue weighted by Crippen LogP contribution is -2.21. The molecule has 3 rings (SSSR count). The molecule has 0 aromatic heterocycles. The summed E-state index contributed by atoms with van der Waals surface area (Å²) in [6.45, 7) is 2.34. The van der Waals surface area contributed by atoms with Gasteiger partial charge in [0.2, 0.25) is 5.78 Å². The lowest BCUT2D eigenvalue weighted by molar-refractivity contribution is 0.0985. The number of Topliss-reactive ketones (excluding diaryl/α,β-unsaturated/α-hetero) is 1. The highest BCUT2D eigenvalue weighted by Gasteiger charge is 2.25. The fourth-order valence-electron chi connectivity index (χ4n) is 2.43. The average molecular weight is 328 g/mol. The van der Waals surface area contributed by atoms with Crippen LogP contribution in [-0.4, -0.2) is 18.2 Å². The van der Waals surface area contributed by atoms with Crippen molar-refractivity contribution in [1.82, 2.24) is 0 Å². The molecule has 2 aromatic rings. The van der Waals surface area contributed by atoms with E-state index in [4.69, 9.17) is 16.3 Å². The summed E-state index contributed by atoms with van der Waals surface area (Å²) < 4.78 is 5.43. The Morgan fingerprint density at radius 2 is 1.78 bits per heavy atom. The van der Waals surface area contributed by atoms with Crippen LogP contribution in [0.3, 0.4) is 0 Å². The molecule has 0 bridgehead atoms. The molecule has 1 aliphatic carbocycles. The highest BCUT2D eigenvalue weighted by atomic mass is 35.5. The molecule has 0 radical (unpaired) electrons. The zero-order valence-corrected chi connectivity index (χ0v) is 13.2. The van der Waals surface area contributed by atoms with Crippen LogP contribution in [0.1, 0.15) is 27.6 Å². The molecule has 0 fully saturated rings. The first-order valence-electron chi connectivity index (χ1n) is 7.20. The fraction of sp³-hybridized carbons (Fsp3) is 0.111. The predicted octanol–water partition coefficient (Wildman–Crippen LogP) is 4.11. The number of halogens is 1. The van der Waals surface area contributed by atoms with Gasteiger partial charge in [-0.05, 0) is 19.1 Å². The number of ether oxygens (including phenoxy) is 1. The SMILES string of the molecule is CCOc1cccc(NC2=CC(=O)c3ccccc3C2=O)c1Cl. The lowest BCUT2D eigenvalue weighted by Gasteiger charge is -2.18. The molecule has 1 aliphatic rings. The monoisotopic (exact) mass is 327 g/mol. The summed E-state index contributed by atoms with van der Waals surface area (Å²) in [5.41, 5.74) is 1.52. The second-order valence-electron chi connectivity index (χ2n) is 4.97. The molecular weight excluding hydrogens is 314 g/mol. The summed E-state index contributed by atoms with van der Waals surface area (Å²) in [6.07, 6.45) is 1.30. The molecule has 2 aromatic carbocycles. The number of hydrogen-bond donors (Lipinski definition) is 1. The molecule has 0 atom stereocenters. The van der Waals surface area contributed by atoms with Crippen molar-refractivity contribution in [2.45, 2.75) is 6.92 Å². The summed E-state index contributed by atoms with van der Waals surface area (Å²) in [4.78, 5) is 24.7. The quantitative estimate of drug-likeness (QED) is 0.918. The zero-order valence-electron chi connectivity index (χ0n) is 12.4. The van der Waals surface area contributed by atoms with Crippen LogP contribution in [0, 0.1) is 0 Å². The molecule has 0 saturated carbocycles. The van der Waals surface area contributed by atoms with Crippen molar-refractivity contribution in [3.8, 4) is 5.75 Å². The summed E-state index contributed by atoms with van der Waals surface area (Å²) in [5, 5.41) is 3.32. The Morgan fingerprint density at radius 1 is 1.04 bits per heavy atom. The third-order valence-corrected chi connectivity index (χ3v) is 3.88. The van der Waals surface area contributed by atoms with Crippen LogP contribution < -0.4 is 10.1 Å². The van der Waals surface area contributed by atoms with E-state index in [9.17, 15) is 9.59 Å². The maximum atomic E-state index is 12.5. The number of nitrogens with one attached hydrogen (secondary N) is 1. The van der Waals surface area contributed by atoms with Gasteiger partial charge in [-0.2, -0.15) is 0 Å². The second kappa shape index (κ2) is 6.26. The molecule has 0 saturated heterocycles. The number of carbonyl (C=O) groups excluding carboxylic acids is 2. The van der Waals surface area contributed by atoms with E-state index in [-0.39, 0.29) is 17.3 Å². The first-order chi connectivity index (χ1) is 11.1. The number of ketones is 2. The van der Waals surface area contributed by atoms with E-state index in [0.29, 0.717) is 34.2 Å². The van der Waals surface area contributed by atoms with E-state index in [1.165, 1.54) is 6.08 Å². The number of anilines is 1. The van der Waals surface area contributed by atoms with Gasteiger partial charge in [0, 0.05) is 17.2 Å². The molecule has 0 unspecified atom stereocenters. The van der Waals surface area contributed by atoms with Gasteiger partial charge in [-0.1, -0.05) is 41.9 Å². The van der Waals surface area contributed by atoms with Crippen molar-refractivity contribution in [3.05, 3.63) is 70.4 Å². The first kappa shape index (κ1) is 15.3. The Balaban J connectivity index is 1.94. The molecule has 4 nitrogen and oxygen atoms in total. The largest absolute Gasteiger partial charge is 0.492 e. The smallest absolute Gasteiger partial charge is 0.210 e. The Kier molecular flexibility index (Phi) is 4.17. The van der Waals surface area contributed by atoms with Gasteiger partial charge >= 0.3 is 0 Å². The third kappa shape index (κ3) is 2.85. The van der Waals surface area contributed by atoms with Gasteiger partial charge in [0.1, 0.15) is 10.8 Å². The Bertz CT molecular complexity index is 827. The number of benzene rings is 2. The Hall–Kier alpha value is -2.59. The number of rotatable bonds is 4. The second-order valence-corrected chi connectivity index (χ2v) is 5.35. The first-order valence-corrected chi connectivity index (χ1v) is 7.57. The van der Waals surface area contributed by atoms with E-state index in [2.05, 4.69) is 5.32 Å². The van der Waals surface area contributed by atoms with Gasteiger partial charge in [0.15, 0.2) is 5.78 Å². The van der Waals surface area contributed by atoms with Crippen molar-refractivity contribution in [2.75, 3.05) is 11.9 Å². The van der Waals surface area contributed by atoms with E-state index < -0.39 is 0 Å². The number of fused-ring (bicyclic) bond motifs is 1. The van der Waals surface area contributed by atoms with E-state index in [0.717, 1.165) is 0 Å². The Morgan fingerprint density at radius 3 is 2.52 bits per heavy atom. The molecule has 5 heteroatoms. The summed E-state index contributed by atoms with van der Waals surface area (Å²) >= 11 is 6.28. The van der Waals surface area contributed by atoms with Crippen molar-refractivity contribution >= 4 is 28.9 Å². The number of allylic oxidation sites excluding steroid dienone is 2. The zero-order chi connectivity index (χ0) is 16.4. The minimum Gasteiger partial charge on any atom is -0.492 e. The van der Waals surface area contributed by atoms with Crippen molar-refractivity contribution < 1.29 is 14.3 Å². The minimum absolute atomic E-state index is 0.198. The van der Waals surface area contributed by atoms with Gasteiger partial charge < -0.3 is 10.1 Å². The van der Waals surface area contributed by atoms with Crippen LogP contribution in [0.5, 0.6) is 5.75 Å². The van der Waals surface area contributed by atoms with E-state index >= 15 is 0 Å². The van der Waals surface area contributed by atoms with Gasteiger partial charge in [0.05, 0.1) is 18.0 Å². The highest BCUT2D eigenvalue weighted by molar-refractivity contribution is 6.35. The maximum absolute atomic E-state index is 12.5. The molecule has 0 aliphatic heterocycles. The molecule has 0 heterocycles. The van der Waals surface area contributed by atoms with E-state index in [1.807, 2.05) is 6.92 Å². The van der Waals surface area contributed by atoms with Crippen LogP contribution in [0.4, 0.5) is 5.69 Å². The van der Waals surface area contributed by atoms with Crippen LogP contribution in [0.25, 0.3) is 0 Å². The van der Waals surface area contributed by atoms with Crippen molar-refractivity contribution in [2.24, 2.45) is 0 Å². The summed E-state index contributed by atoms with van der Waals surface area (Å²) in [5.74, 6) is 0.0765. The summed E-state index contributed by atoms with van der Waals surface area (Å²) in [7, 11) is 0. The predicted molar refractivity (Wildman–Crippen MR) is 89.4 cm³/mol. The molecule has 1 N–H and O–H groups in total. The van der Waals surface area contributed by atoms with Gasteiger partial charge in [0.25, 0.3) is 0 Å². The number of carbonyl (C=O) groups is 2. The van der Waals surface area contributed by atoms with Crippen molar-refractivity contribution in [1.29, 1.82) is 0 Å². The van der Waals surface area contributed by atoms with Gasteiger partial charge in [-0.25, -0.2) is 0 Å².